The molecule has 0 aromatic heterocycles. The molecule has 0 fully saturated rings. The van der Waals surface area contributed by atoms with Crippen LogP contribution in [-0.2, 0) is 11.2 Å². The van der Waals surface area contributed by atoms with Gasteiger partial charge in [0.25, 0.3) is 0 Å². The van der Waals surface area contributed by atoms with Gasteiger partial charge in [-0.2, -0.15) is 0 Å². The van der Waals surface area contributed by atoms with Crippen molar-refractivity contribution in [2.45, 2.75) is 19.8 Å². The van der Waals surface area contributed by atoms with Crippen molar-refractivity contribution in [1.29, 1.82) is 0 Å². The van der Waals surface area contributed by atoms with E-state index in [0.717, 1.165) is 25.1 Å². The molecule has 0 unspecified atom stereocenters. The molecule has 1 aliphatic rings. The van der Waals surface area contributed by atoms with Gasteiger partial charge in [-0.1, -0.05) is 12.1 Å². The Morgan fingerprint density at radius 2 is 2.40 bits per heavy atom. The van der Waals surface area contributed by atoms with Gasteiger partial charge in [0.05, 0.1) is 17.9 Å². The van der Waals surface area contributed by atoms with E-state index in [-0.39, 0.29) is 5.97 Å². The van der Waals surface area contributed by atoms with Gasteiger partial charge in [0.2, 0.25) is 0 Å². The molecule has 0 spiro atoms. The second kappa shape index (κ2) is 4.34. The molecule has 0 radical (unpaired) electrons. The van der Waals surface area contributed by atoms with Crippen LogP contribution < -0.4 is 5.32 Å². The molecule has 15 heavy (non-hydrogen) atoms. The van der Waals surface area contributed by atoms with Gasteiger partial charge in [-0.3, -0.25) is 0 Å². The standard InChI is InChI=1S/C12H15NO2/c1-2-15-12(14)10-7-3-5-9-6-4-8-13-11(9)10/h3,5,7,13H,2,4,6,8H2,1H3. The third-order valence-corrected chi connectivity index (χ3v) is 2.57. The third-order valence-electron chi connectivity index (χ3n) is 2.57. The fraction of sp³-hybridized carbons (Fsp3) is 0.417. The Morgan fingerprint density at radius 3 is 3.20 bits per heavy atom. The number of fused-ring (bicyclic) bond motifs is 1. The van der Waals surface area contributed by atoms with Gasteiger partial charge in [0.15, 0.2) is 0 Å². The fourth-order valence-corrected chi connectivity index (χ4v) is 1.89. The molecule has 3 nitrogen and oxygen atoms in total. The van der Waals surface area contributed by atoms with E-state index >= 15 is 0 Å². The average molecular weight is 205 g/mol. The molecule has 1 aromatic carbocycles. The van der Waals surface area contributed by atoms with Crippen LogP contribution in [0.3, 0.4) is 0 Å². The summed E-state index contributed by atoms with van der Waals surface area (Å²) in [4.78, 5) is 11.7. The zero-order valence-corrected chi connectivity index (χ0v) is 8.88. The van der Waals surface area contributed by atoms with Crippen LogP contribution in [-0.4, -0.2) is 19.1 Å². The molecule has 0 atom stereocenters. The highest BCUT2D eigenvalue weighted by Gasteiger charge is 2.17. The Hall–Kier alpha value is -1.51. The van der Waals surface area contributed by atoms with Gasteiger partial charge in [-0.15, -0.1) is 0 Å². The first kappa shape index (κ1) is 10.0. The quantitative estimate of drug-likeness (QED) is 0.752. The van der Waals surface area contributed by atoms with Crippen molar-refractivity contribution in [3.05, 3.63) is 29.3 Å². The van der Waals surface area contributed by atoms with Crippen LogP contribution in [0.25, 0.3) is 0 Å². The number of esters is 1. The van der Waals surface area contributed by atoms with E-state index in [4.69, 9.17) is 4.74 Å². The van der Waals surface area contributed by atoms with Gasteiger partial charge < -0.3 is 10.1 Å². The summed E-state index contributed by atoms with van der Waals surface area (Å²) in [6.45, 7) is 3.17. The van der Waals surface area contributed by atoms with E-state index in [0.29, 0.717) is 12.2 Å². The van der Waals surface area contributed by atoms with E-state index in [2.05, 4.69) is 11.4 Å². The lowest BCUT2D eigenvalue weighted by Crippen LogP contribution is -2.16. The monoisotopic (exact) mass is 205 g/mol. The van der Waals surface area contributed by atoms with Crippen LogP contribution >= 0.6 is 0 Å². The Bertz CT molecular complexity index is 374. The molecule has 1 N–H and O–H groups in total. The predicted octanol–water partition coefficient (Wildman–Crippen LogP) is 2.22. The molecule has 80 valence electrons. The summed E-state index contributed by atoms with van der Waals surface area (Å²) >= 11 is 0. The van der Waals surface area contributed by atoms with Crippen molar-refractivity contribution >= 4 is 11.7 Å². The minimum Gasteiger partial charge on any atom is -0.462 e. The number of nitrogens with one attached hydrogen (secondary N) is 1. The zero-order valence-electron chi connectivity index (χ0n) is 8.88. The normalized spacial score (nSPS) is 13.9. The van der Waals surface area contributed by atoms with Crippen molar-refractivity contribution in [1.82, 2.24) is 0 Å². The number of rotatable bonds is 2. The van der Waals surface area contributed by atoms with Crippen LogP contribution in [0.4, 0.5) is 5.69 Å². The van der Waals surface area contributed by atoms with E-state index in [9.17, 15) is 4.79 Å². The first-order chi connectivity index (χ1) is 7.33. The molecule has 2 rings (SSSR count). The highest BCUT2D eigenvalue weighted by molar-refractivity contribution is 5.96. The Balaban J connectivity index is 2.34. The first-order valence-corrected chi connectivity index (χ1v) is 5.36. The summed E-state index contributed by atoms with van der Waals surface area (Å²) in [7, 11) is 0. The van der Waals surface area contributed by atoms with Gasteiger partial charge >= 0.3 is 5.97 Å². The maximum absolute atomic E-state index is 11.7. The van der Waals surface area contributed by atoms with Crippen LogP contribution in [0.5, 0.6) is 0 Å². The number of ether oxygens (including phenoxy) is 1. The number of carbonyl (C=O) groups is 1. The molecule has 0 amide bonds. The van der Waals surface area contributed by atoms with E-state index < -0.39 is 0 Å². The number of hydrogen-bond donors (Lipinski definition) is 1. The van der Waals surface area contributed by atoms with Gasteiger partial charge in [-0.25, -0.2) is 4.79 Å². The highest BCUT2D eigenvalue weighted by Crippen LogP contribution is 2.26. The summed E-state index contributed by atoms with van der Waals surface area (Å²) < 4.78 is 5.02. The molecular formula is C12H15NO2. The van der Waals surface area contributed by atoms with Crippen molar-refractivity contribution in [2.75, 3.05) is 18.5 Å². The number of hydrogen-bond acceptors (Lipinski definition) is 3. The third kappa shape index (κ3) is 1.96. The molecule has 0 saturated heterocycles. The smallest absolute Gasteiger partial charge is 0.340 e. The number of aryl methyl sites for hydroxylation is 1. The second-order valence-electron chi connectivity index (χ2n) is 3.59. The van der Waals surface area contributed by atoms with Crippen molar-refractivity contribution in [3.8, 4) is 0 Å². The maximum Gasteiger partial charge on any atom is 0.340 e. The summed E-state index contributed by atoms with van der Waals surface area (Å²) in [5.74, 6) is -0.233. The lowest BCUT2D eigenvalue weighted by Gasteiger charge is -2.20. The van der Waals surface area contributed by atoms with Crippen molar-refractivity contribution in [2.24, 2.45) is 0 Å². The minimum absolute atomic E-state index is 0.233. The Labute approximate surface area is 89.4 Å². The summed E-state index contributed by atoms with van der Waals surface area (Å²) in [5.41, 5.74) is 2.84. The largest absolute Gasteiger partial charge is 0.462 e. The van der Waals surface area contributed by atoms with Crippen LogP contribution in [0, 0.1) is 0 Å². The zero-order chi connectivity index (χ0) is 10.7. The second-order valence-corrected chi connectivity index (χ2v) is 3.59. The Morgan fingerprint density at radius 1 is 1.53 bits per heavy atom. The molecule has 0 aliphatic carbocycles. The lowest BCUT2D eigenvalue weighted by molar-refractivity contribution is 0.0527. The SMILES string of the molecule is CCOC(=O)c1cccc2c1NCCC2. The number of para-hydroxylation sites is 1. The first-order valence-electron chi connectivity index (χ1n) is 5.36. The van der Waals surface area contributed by atoms with Gasteiger partial charge in [0.1, 0.15) is 0 Å². The minimum atomic E-state index is -0.233. The predicted molar refractivity (Wildman–Crippen MR) is 59.2 cm³/mol. The molecule has 1 aromatic rings. The maximum atomic E-state index is 11.7. The van der Waals surface area contributed by atoms with Crippen LogP contribution in [0.15, 0.2) is 18.2 Å². The van der Waals surface area contributed by atoms with E-state index in [1.807, 2.05) is 19.1 Å². The average Bonchev–Trinajstić information content (AvgIpc) is 2.28. The van der Waals surface area contributed by atoms with Crippen LogP contribution in [0.1, 0.15) is 29.3 Å². The highest BCUT2D eigenvalue weighted by atomic mass is 16.5. The number of anilines is 1. The fourth-order valence-electron chi connectivity index (χ4n) is 1.89. The van der Waals surface area contributed by atoms with Crippen LogP contribution in [0.2, 0.25) is 0 Å². The number of benzene rings is 1. The van der Waals surface area contributed by atoms with E-state index in [1.165, 1.54) is 5.56 Å². The Kier molecular flexibility index (Phi) is 2.90. The summed E-state index contributed by atoms with van der Waals surface area (Å²) in [6.07, 6.45) is 2.16. The van der Waals surface area contributed by atoms with Crippen molar-refractivity contribution in [3.63, 3.8) is 0 Å². The summed E-state index contributed by atoms with van der Waals surface area (Å²) in [5, 5.41) is 3.27. The molecule has 3 heteroatoms. The topological polar surface area (TPSA) is 38.3 Å². The molecule has 1 aliphatic heterocycles. The van der Waals surface area contributed by atoms with E-state index in [1.54, 1.807) is 0 Å². The molecule has 0 saturated carbocycles. The van der Waals surface area contributed by atoms with Gasteiger partial charge in [0, 0.05) is 6.54 Å². The lowest BCUT2D eigenvalue weighted by atomic mass is 9.99. The molecular weight excluding hydrogens is 190 g/mol. The molecule has 0 bridgehead atoms. The summed E-state index contributed by atoms with van der Waals surface area (Å²) in [6, 6.07) is 5.79. The van der Waals surface area contributed by atoms with Gasteiger partial charge in [-0.05, 0) is 31.4 Å². The van der Waals surface area contributed by atoms with Crippen molar-refractivity contribution < 1.29 is 9.53 Å². The number of carbonyl (C=O) groups excluding carboxylic acids is 1. The molecule has 1 heterocycles.